The van der Waals surface area contributed by atoms with Crippen molar-refractivity contribution in [3.8, 4) is 17.1 Å². The highest BCUT2D eigenvalue weighted by atomic mass is 32.2. The molecule has 1 N–H and O–H groups in total. The predicted molar refractivity (Wildman–Crippen MR) is 111 cm³/mol. The number of ether oxygens (including phenoxy) is 1. The zero-order valence-electron chi connectivity index (χ0n) is 17.0. The van der Waals surface area contributed by atoms with Crippen LogP contribution in [0.1, 0.15) is 32.1 Å². The van der Waals surface area contributed by atoms with E-state index in [0.717, 1.165) is 28.1 Å². The van der Waals surface area contributed by atoms with Crippen molar-refractivity contribution in [2.45, 2.75) is 44.4 Å². The van der Waals surface area contributed by atoms with E-state index in [0.29, 0.717) is 5.75 Å². The highest BCUT2D eigenvalue weighted by Crippen LogP contribution is 2.27. The molecule has 0 fully saturated rings. The van der Waals surface area contributed by atoms with Gasteiger partial charge in [-0.3, -0.25) is 0 Å². The molecular formula is C21H27N3O3S. The number of hydrogen-bond acceptors (Lipinski definition) is 6. The molecule has 150 valence electrons. The Balaban J connectivity index is 1.52. The second-order valence-corrected chi connectivity index (χ2v) is 8.79. The van der Waals surface area contributed by atoms with Crippen molar-refractivity contribution in [3.05, 3.63) is 47.9 Å². The lowest BCUT2D eigenvalue weighted by Gasteiger charge is -2.19. The lowest BCUT2D eigenvalue weighted by Crippen LogP contribution is -2.20. The Hall–Kier alpha value is -2.25. The Labute approximate surface area is 169 Å². The first-order valence-electron chi connectivity index (χ1n) is 9.24. The number of aromatic nitrogens is 3. The summed E-state index contributed by atoms with van der Waals surface area (Å²) in [6.45, 7) is 8.65. The molecule has 0 aliphatic carbocycles. The molecule has 28 heavy (non-hydrogen) atoms. The van der Waals surface area contributed by atoms with Crippen LogP contribution in [0.25, 0.3) is 11.4 Å². The van der Waals surface area contributed by atoms with E-state index in [1.807, 2.05) is 36.7 Å². The summed E-state index contributed by atoms with van der Waals surface area (Å²) < 4.78 is 13.0. The van der Waals surface area contributed by atoms with Crippen molar-refractivity contribution < 1.29 is 14.3 Å². The quantitative estimate of drug-likeness (QED) is 0.598. The molecule has 0 amide bonds. The Morgan fingerprint density at radius 3 is 2.50 bits per heavy atom. The van der Waals surface area contributed by atoms with Crippen molar-refractivity contribution >= 4 is 11.8 Å². The highest BCUT2D eigenvalue weighted by molar-refractivity contribution is 7.99. The molecule has 6 nitrogen and oxygen atoms in total. The second-order valence-electron chi connectivity index (χ2n) is 7.81. The predicted octanol–water partition coefficient (Wildman–Crippen LogP) is 4.21. The first kappa shape index (κ1) is 20.5. The summed E-state index contributed by atoms with van der Waals surface area (Å²) in [5, 5.41) is 19.5. The lowest BCUT2D eigenvalue weighted by atomic mass is 9.87. The molecule has 0 aliphatic heterocycles. The third-order valence-corrected chi connectivity index (χ3v) is 5.67. The fraction of sp³-hybridized carbons (Fsp3) is 0.429. The van der Waals surface area contributed by atoms with E-state index in [1.165, 1.54) is 17.3 Å². The van der Waals surface area contributed by atoms with Crippen molar-refractivity contribution in [1.82, 2.24) is 14.8 Å². The molecule has 0 spiro atoms. The topological polar surface area (TPSA) is 73.3 Å². The van der Waals surface area contributed by atoms with Crippen molar-refractivity contribution in [1.29, 1.82) is 0 Å². The van der Waals surface area contributed by atoms with E-state index in [1.54, 1.807) is 6.26 Å². The molecule has 7 heteroatoms. The van der Waals surface area contributed by atoms with Crippen LogP contribution in [0.5, 0.6) is 5.75 Å². The van der Waals surface area contributed by atoms with Crippen LogP contribution in [0.2, 0.25) is 0 Å². The van der Waals surface area contributed by atoms with Crippen molar-refractivity contribution in [2.24, 2.45) is 7.05 Å². The van der Waals surface area contributed by atoms with Crippen LogP contribution in [-0.2, 0) is 12.5 Å². The van der Waals surface area contributed by atoms with Crippen LogP contribution in [0.4, 0.5) is 0 Å². The summed E-state index contributed by atoms with van der Waals surface area (Å²) in [7, 11) is 1.91. The molecule has 3 rings (SSSR count). The van der Waals surface area contributed by atoms with E-state index in [4.69, 9.17) is 9.15 Å². The van der Waals surface area contributed by atoms with Crippen LogP contribution < -0.4 is 4.74 Å². The zero-order valence-corrected chi connectivity index (χ0v) is 17.8. The van der Waals surface area contributed by atoms with E-state index >= 15 is 0 Å². The van der Waals surface area contributed by atoms with Crippen LogP contribution in [-0.4, -0.2) is 38.3 Å². The van der Waals surface area contributed by atoms with Gasteiger partial charge in [0, 0.05) is 12.8 Å². The molecular weight excluding hydrogens is 374 g/mol. The summed E-state index contributed by atoms with van der Waals surface area (Å²) in [5.41, 5.74) is 2.28. The number of nitrogens with zero attached hydrogens (tertiary/aromatic N) is 3. The molecule has 0 aliphatic rings. The van der Waals surface area contributed by atoms with Gasteiger partial charge < -0.3 is 18.8 Å². The number of thioether (sulfide) groups is 1. The Kier molecular flexibility index (Phi) is 6.15. The van der Waals surface area contributed by atoms with E-state index < -0.39 is 6.10 Å². The molecule has 0 radical (unpaired) electrons. The maximum atomic E-state index is 10.3. The van der Waals surface area contributed by atoms with Crippen LogP contribution in [0.3, 0.4) is 0 Å². The summed E-state index contributed by atoms with van der Waals surface area (Å²) in [4.78, 5) is 0. The smallest absolute Gasteiger partial charge is 0.191 e. The Bertz CT molecular complexity index is 910. The number of aliphatic hydroxyl groups excluding tert-OH is 1. The molecule has 0 unspecified atom stereocenters. The van der Waals surface area contributed by atoms with Gasteiger partial charge in [0.25, 0.3) is 0 Å². The molecule has 2 heterocycles. The van der Waals surface area contributed by atoms with Gasteiger partial charge >= 0.3 is 0 Å². The number of aliphatic hydroxyl groups is 1. The van der Waals surface area contributed by atoms with Crippen LogP contribution in [0.15, 0.2) is 46.2 Å². The summed E-state index contributed by atoms with van der Waals surface area (Å²) in [5.74, 6) is 2.78. The number of rotatable bonds is 7. The third-order valence-electron chi connectivity index (χ3n) is 4.50. The molecule has 0 bridgehead atoms. The van der Waals surface area contributed by atoms with Crippen LogP contribution >= 0.6 is 11.8 Å². The van der Waals surface area contributed by atoms with E-state index in [2.05, 4.69) is 43.1 Å². The minimum atomic E-state index is -0.608. The minimum absolute atomic E-state index is 0.110. The number of benzene rings is 1. The van der Waals surface area contributed by atoms with Gasteiger partial charge in [-0.15, -0.1) is 10.2 Å². The standard InChI is InChI=1S/C21H27N3O3S/c1-14-18(10-11-26-14)19-22-23-20(24(19)5)28-13-16(25)12-27-17-8-6-15(7-9-17)21(2,3)4/h6-11,16,25H,12-13H2,1-5H3/t16-/m0/s1. The monoisotopic (exact) mass is 401 g/mol. The normalized spacial score (nSPS) is 12.9. The molecule has 0 saturated carbocycles. The van der Waals surface area contributed by atoms with Gasteiger partial charge in [-0.2, -0.15) is 0 Å². The average molecular weight is 402 g/mol. The summed E-state index contributed by atoms with van der Waals surface area (Å²) in [6.07, 6.45) is 1.03. The molecule has 3 aromatic rings. The van der Waals surface area contributed by atoms with Gasteiger partial charge in [-0.25, -0.2) is 0 Å². The minimum Gasteiger partial charge on any atom is -0.491 e. The largest absolute Gasteiger partial charge is 0.491 e. The molecule has 2 aromatic heterocycles. The van der Waals surface area contributed by atoms with Gasteiger partial charge in [0.05, 0.1) is 17.9 Å². The fourth-order valence-corrected chi connectivity index (χ4v) is 3.57. The van der Waals surface area contributed by atoms with Gasteiger partial charge in [0.15, 0.2) is 11.0 Å². The van der Waals surface area contributed by atoms with Crippen molar-refractivity contribution in [3.63, 3.8) is 0 Å². The average Bonchev–Trinajstić information content (AvgIpc) is 3.23. The third kappa shape index (κ3) is 4.77. The highest BCUT2D eigenvalue weighted by Gasteiger charge is 2.17. The number of hydrogen-bond donors (Lipinski definition) is 1. The first-order valence-corrected chi connectivity index (χ1v) is 10.2. The SMILES string of the molecule is Cc1occc1-c1nnc(SC[C@@H](O)COc2ccc(C(C)(C)C)cc2)n1C. The summed E-state index contributed by atoms with van der Waals surface area (Å²) >= 11 is 1.45. The molecule has 0 saturated heterocycles. The van der Waals surface area contributed by atoms with Gasteiger partial charge in [0.1, 0.15) is 18.1 Å². The van der Waals surface area contributed by atoms with Crippen molar-refractivity contribution in [2.75, 3.05) is 12.4 Å². The van der Waals surface area contributed by atoms with Gasteiger partial charge in [0.2, 0.25) is 0 Å². The number of furan rings is 1. The summed E-state index contributed by atoms with van der Waals surface area (Å²) in [6, 6.07) is 9.90. The maximum Gasteiger partial charge on any atom is 0.191 e. The van der Waals surface area contributed by atoms with E-state index in [-0.39, 0.29) is 12.0 Å². The van der Waals surface area contributed by atoms with Gasteiger partial charge in [-0.05, 0) is 36.1 Å². The zero-order chi connectivity index (χ0) is 20.3. The molecule has 1 atom stereocenters. The lowest BCUT2D eigenvalue weighted by molar-refractivity contribution is 0.126. The maximum absolute atomic E-state index is 10.3. The second kappa shape index (κ2) is 8.41. The fourth-order valence-electron chi connectivity index (χ4n) is 2.75. The number of aryl methyl sites for hydroxylation is 1. The molecule has 1 aromatic carbocycles. The van der Waals surface area contributed by atoms with Gasteiger partial charge in [-0.1, -0.05) is 44.7 Å². The Morgan fingerprint density at radius 2 is 1.89 bits per heavy atom. The van der Waals surface area contributed by atoms with E-state index in [9.17, 15) is 5.11 Å². The first-order chi connectivity index (χ1) is 13.3. The Morgan fingerprint density at radius 1 is 1.18 bits per heavy atom. The van der Waals surface area contributed by atoms with Crippen LogP contribution in [0, 0.1) is 6.92 Å².